The summed E-state index contributed by atoms with van der Waals surface area (Å²) >= 11 is 5.51. The second kappa shape index (κ2) is 2.50. The van der Waals surface area contributed by atoms with Gasteiger partial charge in [0, 0.05) is 12.2 Å². The van der Waals surface area contributed by atoms with Gasteiger partial charge in [0.15, 0.2) is 0 Å². The molecule has 0 saturated carbocycles. The third-order valence-corrected chi connectivity index (χ3v) is 1.54. The molecule has 0 spiro atoms. The molecule has 1 aromatic rings. The molecule has 3 nitrogen and oxygen atoms in total. The molecule has 0 aromatic carbocycles. The predicted octanol–water partition coefficient (Wildman–Crippen LogP) is 1.41. The fraction of sp³-hybridized carbons (Fsp3) is 0.500. The van der Waals surface area contributed by atoms with Crippen molar-refractivity contribution in [2.24, 2.45) is 0 Å². The largest absolute Gasteiger partial charge is 0.301 e. The van der Waals surface area contributed by atoms with Crippen LogP contribution in [0.4, 0.5) is 0 Å². The third-order valence-electron chi connectivity index (χ3n) is 1.27. The van der Waals surface area contributed by atoms with E-state index in [0.29, 0.717) is 0 Å². The number of hydrogen-bond donors (Lipinski definition) is 1. The molecule has 56 valence electrons. The topological polar surface area (TPSA) is 37.8 Å². The highest BCUT2D eigenvalue weighted by atomic mass is 35.5. The van der Waals surface area contributed by atoms with E-state index in [2.05, 4.69) is 5.10 Å². The third kappa shape index (κ3) is 1.09. The van der Waals surface area contributed by atoms with E-state index < -0.39 is 0 Å². The average molecular weight is 161 g/mol. The number of aromatic nitrogens is 2. The molecule has 1 heterocycles. The van der Waals surface area contributed by atoms with Crippen molar-refractivity contribution in [3.63, 3.8) is 0 Å². The maximum atomic E-state index is 11.0. The fourth-order valence-electron chi connectivity index (χ4n) is 0.745. The van der Waals surface area contributed by atoms with Crippen molar-refractivity contribution in [3.8, 4) is 0 Å². The minimum absolute atomic E-state index is 0.139. The van der Waals surface area contributed by atoms with Crippen LogP contribution in [-0.4, -0.2) is 9.78 Å². The first-order valence-electron chi connectivity index (χ1n) is 3.08. The van der Waals surface area contributed by atoms with Crippen molar-refractivity contribution in [1.82, 2.24) is 9.78 Å². The molecule has 1 aromatic heterocycles. The van der Waals surface area contributed by atoms with Gasteiger partial charge in [-0.3, -0.25) is 4.79 Å². The molecule has 4 heteroatoms. The van der Waals surface area contributed by atoms with E-state index in [1.165, 1.54) is 10.9 Å². The van der Waals surface area contributed by atoms with Gasteiger partial charge in [-0.25, -0.2) is 4.68 Å². The van der Waals surface area contributed by atoms with E-state index in [4.69, 9.17) is 11.6 Å². The molecule has 0 bridgehead atoms. The van der Waals surface area contributed by atoms with Crippen molar-refractivity contribution < 1.29 is 0 Å². The Morgan fingerprint density at radius 1 is 1.70 bits per heavy atom. The standard InChI is InChI=1S/C6H9ClN2O/c1-4(2)9-6(10)5(7)3-8-9/h3-4,8H,1-2H3. The number of halogens is 1. The van der Waals surface area contributed by atoms with Gasteiger partial charge in [-0.2, -0.15) is 0 Å². The van der Waals surface area contributed by atoms with Crippen molar-refractivity contribution in [2.45, 2.75) is 19.9 Å². The van der Waals surface area contributed by atoms with Crippen LogP contribution in [0.25, 0.3) is 0 Å². The number of hydrogen-bond acceptors (Lipinski definition) is 1. The Bertz CT molecular complexity index is 274. The Labute approximate surface area is 63.6 Å². The van der Waals surface area contributed by atoms with Gasteiger partial charge in [-0.15, -0.1) is 0 Å². The second-order valence-electron chi connectivity index (χ2n) is 2.39. The fourth-order valence-corrected chi connectivity index (χ4v) is 0.885. The van der Waals surface area contributed by atoms with Gasteiger partial charge in [0.1, 0.15) is 5.02 Å². The molecule has 0 fully saturated rings. The maximum Gasteiger partial charge on any atom is 0.285 e. The zero-order chi connectivity index (χ0) is 7.72. The molecule has 0 amide bonds. The van der Waals surface area contributed by atoms with E-state index in [9.17, 15) is 4.79 Å². The van der Waals surface area contributed by atoms with Crippen LogP contribution < -0.4 is 5.56 Å². The van der Waals surface area contributed by atoms with Gasteiger partial charge in [0.2, 0.25) is 0 Å². The summed E-state index contributed by atoms with van der Waals surface area (Å²) in [7, 11) is 0. The predicted molar refractivity (Wildman–Crippen MR) is 40.4 cm³/mol. The molecule has 0 unspecified atom stereocenters. The van der Waals surface area contributed by atoms with Crippen molar-refractivity contribution >= 4 is 11.6 Å². The van der Waals surface area contributed by atoms with Gasteiger partial charge >= 0.3 is 0 Å². The monoisotopic (exact) mass is 160 g/mol. The molecule has 10 heavy (non-hydrogen) atoms. The highest BCUT2D eigenvalue weighted by Gasteiger charge is 2.04. The van der Waals surface area contributed by atoms with E-state index in [1.807, 2.05) is 13.8 Å². The first-order chi connectivity index (χ1) is 4.63. The quantitative estimate of drug-likeness (QED) is 0.663. The van der Waals surface area contributed by atoms with Crippen LogP contribution in [0.15, 0.2) is 11.0 Å². The summed E-state index contributed by atoms with van der Waals surface area (Å²) in [5.41, 5.74) is -0.156. The van der Waals surface area contributed by atoms with Gasteiger partial charge in [-0.1, -0.05) is 11.6 Å². The summed E-state index contributed by atoms with van der Waals surface area (Å²) in [6, 6.07) is 0.139. The van der Waals surface area contributed by atoms with E-state index in [0.717, 1.165) is 0 Å². The summed E-state index contributed by atoms with van der Waals surface area (Å²) in [5.74, 6) is 0. The second-order valence-corrected chi connectivity index (χ2v) is 2.80. The number of rotatable bonds is 1. The number of aromatic amines is 1. The van der Waals surface area contributed by atoms with Gasteiger partial charge in [0.25, 0.3) is 5.56 Å². The summed E-state index contributed by atoms with van der Waals surface area (Å²) in [5, 5.41) is 2.99. The van der Waals surface area contributed by atoms with E-state index in [-0.39, 0.29) is 16.6 Å². The molecule has 0 atom stereocenters. The Morgan fingerprint density at radius 2 is 2.30 bits per heavy atom. The molecule has 0 aliphatic carbocycles. The highest BCUT2D eigenvalue weighted by Crippen LogP contribution is 2.02. The molecular weight excluding hydrogens is 152 g/mol. The summed E-state index contributed by atoms with van der Waals surface area (Å²) in [6.07, 6.45) is 1.49. The summed E-state index contributed by atoms with van der Waals surface area (Å²) in [6.45, 7) is 3.82. The smallest absolute Gasteiger partial charge is 0.285 e. The minimum Gasteiger partial charge on any atom is -0.301 e. The molecular formula is C6H9ClN2O. The van der Waals surface area contributed by atoms with E-state index >= 15 is 0 Å². The average Bonchev–Trinajstić information content (AvgIpc) is 2.14. The Balaban J connectivity index is 3.18. The van der Waals surface area contributed by atoms with Crippen LogP contribution in [0.1, 0.15) is 19.9 Å². The summed E-state index contributed by atoms with van der Waals surface area (Å²) < 4.78 is 1.47. The zero-order valence-electron chi connectivity index (χ0n) is 5.89. The minimum atomic E-state index is -0.156. The van der Waals surface area contributed by atoms with Crippen molar-refractivity contribution in [1.29, 1.82) is 0 Å². The molecule has 0 aliphatic rings. The Kier molecular flexibility index (Phi) is 1.85. The van der Waals surface area contributed by atoms with Crippen LogP contribution in [0.2, 0.25) is 5.02 Å². The number of H-pyrrole nitrogens is 1. The maximum absolute atomic E-state index is 11.0. The summed E-state index contributed by atoms with van der Waals surface area (Å²) in [4.78, 5) is 11.0. The lowest BCUT2D eigenvalue weighted by molar-refractivity contribution is 0.517. The van der Waals surface area contributed by atoms with Gasteiger partial charge in [0.05, 0.1) is 0 Å². The SMILES string of the molecule is CC(C)n1[nH]cc(Cl)c1=O. The Morgan fingerprint density at radius 3 is 2.50 bits per heavy atom. The molecule has 0 saturated heterocycles. The molecule has 0 radical (unpaired) electrons. The molecule has 1 rings (SSSR count). The van der Waals surface area contributed by atoms with Gasteiger partial charge in [-0.05, 0) is 13.8 Å². The van der Waals surface area contributed by atoms with Crippen molar-refractivity contribution in [3.05, 3.63) is 21.6 Å². The van der Waals surface area contributed by atoms with Crippen LogP contribution in [0.5, 0.6) is 0 Å². The lowest BCUT2D eigenvalue weighted by atomic mass is 10.4. The zero-order valence-corrected chi connectivity index (χ0v) is 6.64. The number of nitrogens with one attached hydrogen (secondary N) is 1. The van der Waals surface area contributed by atoms with Crippen LogP contribution >= 0.6 is 11.6 Å². The van der Waals surface area contributed by atoms with Crippen LogP contribution in [0, 0.1) is 0 Å². The van der Waals surface area contributed by atoms with E-state index in [1.54, 1.807) is 0 Å². The normalized spacial score (nSPS) is 10.8. The first kappa shape index (κ1) is 7.41. The number of nitrogens with zero attached hydrogens (tertiary/aromatic N) is 1. The lowest BCUT2D eigenvalue weighted by Crippen LogP contribution is -2.18. The van der Waals surface area contributed by atoms with Crippen LogP contribution in [0.3, 0.4) is 0 Å². The molecule has 1 N–H and O–H groups in total. The van der Waals surface area contributed by atoms with Crippen molar-refractivity contribution in [2.75, 3.05) is 0 Å². The van der Waals surface area contributed by atoms with Gasteiger partial charge < -0.3 is 5.10 Å². The Hall–Kier alpha value is -0.700. The molecule has 0 aliphatic heterocycles. The lowest BCUT2D eigenvalue weighted by Gasteiger charge is -2.02. The first-order valence-corrected chi connectivity index (χ1v) is 3.46. The highest BCUT2D eigenvalue weighted by molar-refractivity contribution is 6.30. The van der Waals surface area contributed by atoms with Crippen LogP contribution in [-0.2, 0) is 0 Å².